The number of nitrogens with two attached hydrogens (primary N) is 1. The van der Waals surface area contributed by atoms with Crippen molar-refractivity contribution in [3.05, 3.63) is 29.3 Å². The Kier molecular flexibility index (Phi) is 2.14. The van der Waals surface area contributed by atoms with Crippen LogP contribution in [0.3, 0.4) is 0 Å². The Morgan fingerprint density at radius 1 is 1.50 bits per heavy atom. The van der Waals surface area contributed by atoms with E-state index in [0.717, 1.165) is 16.5 Å². The van der Waals surface area contributed by atoms with Crippen LogP contribution in [0.5, 0.6) is 0 Å². The second-order valence-corrected chi connectivity index (χ2v) is 4.22. The summed E-state index contributed by atoms with van der Waals surface area (Å²) in [6.45, 7) is 2.11. The third kappa shape index (κ3) is 1.24. The molecule has 0 radical (unpaired) electrons. The molecule has 3 heteroatoms. The van der Waals surface area contributed by atoms with E-state index in [-0.39, 0.29) is 0 Å². The van der Waals surface area contributed by atoms with Gasteiger partial charge in [0.2, 0.25) is 0 Å². The molecular weight excluding hydrogens is 192 g/mol. The SMILES string of the molecule is CCc1ccc2c(C#N)c(N)sc2c1. The standard InChI is InChI=1S/C11H10N2S/c1-2-7-3-4-8-9(6-12)11(13)14-10(8)5-7/h3-5H,2,13H2,1H3. The molecule has 2 aromatic rings. The predicted molar refractivity (Wildman–Crippen MR) is 60.3 cm³/mol. The van der Waals surface area contributed by atoms with E-state index in [1.54, 1.807) is 0 Å². The highest BCUT2D eigenvalue weighted by molar-refractivity contribution is 7.23. The first-order valence-electron chi connectivity index (χ1n) is 4.47. The van der Waals surface area contributed by atoms with Crippen molar-refractivity contribution in [2.24, 2.45) is 0 Å². The summed E-state index contributed by atoms with van der Waals surface area (Å²) >= 11 is 1.49. The minimum absolute atomic E-state index is 0.618. The number of fused-ring (bicyclic) bond motifs is 1. The van der Waals surface area contributed by atoms with Gasteiger partial charge in [0.05, 0.1) is 5.56 Å². The number of nitrogen functional groups attached to an aromatic ring is 1. The van der Waals surface area contributed by atoms with Gasteiger partial charge in [-0.15, -0.1) is 11.3 Å². The van der Waals surface area contributed by atoms with E-state index >= 15 is 0 Å². The summed E-state index contributed by atoms with van der Waals surface area (Å²) in [6.07, 6.45) is 1.01. The highest BCUT2D eigenvalue weighted by atomic mass is 32.1. The van der Waals surface area contributed by atoms with Gasteiger partial charge in [0.25, 0.3) is 0 Å². The molecular formula is C11H10N2S. The largest absolute Gasteiger partial charge is 0.389 e. The average molecular weight is 202 g/mol. The molecule has 0 atom stereocenters. The van der Waals surface area contributed by atoms with Crippen LogP contribution in [0, 0.1) is 11.3 Å². The Hall–Kier alpha value is -1.53. The summed E-state index contributed by atoms with van der Waals surface area (Å²) in [4.78, 5) is 0. The lowest BCUT2D eigenvalue weighted by molar-refractivity contribution is 1.15. The van der Waals surface area contributed by atoms with Crippen molar-refractivity contribution in [2.75, 3.05) is 5.73 Å². The van der Waals surface area contributed by atoms with Gasteiger partial charge in [-0.1, -0.05) is 19.1 Å². The maximum absolute atomic E-state index is 8.91. The quantitative estimate of drug-likeness (QED) is 0.773. The van der Waals surface area contributed by atoms with E-state index < -0.39 is 0 Å². The fourth-order valence-corrected chi connectivity index (χ4v) is 2.48. The first-order chi connectivity index (χ1) is 6.76. The molecule has 0 spiro atoms. The number of hydrogen-bond donors (Lipinski definition) is 1. The van der Waals surface area contributed by atoms with Crippen molar-refractivity contribution >= 4 is 26.4 Å². The van der Waals surface area contributed by atoms with Gasteiger partial charge in [-0.25, -0.2) is 0 Å². The molecule has 0 aliphatic heterocycles. The van der Waals surface area contributed by atoms with Gasteiger partial charge in [0.1, 0.15) is 11.1 Å². The molecule has 0 bridgehead atoms. The zero-order valence-electron chi connectivity index (χ0n) is 7.87. The number of rotatable bonds is 1. The zero-order chi connectivity index (χ0) is 10.1. The first-order valence-corrected chi connectivity index (χ1v) is 5.29. The van der Waals surface area contributed by atoms with Crippen molar-refractivity contribution < 1.29 is 0 Å². The van der Waals surface area contributed by atoms with Crippen molar-refractivity contribution in [1.29, 1.82) is 5.26 Å². The van der Waals surface area contributed by atoms with E-state index in [1.165, 1.54) is 16.9 Å². The van der Waals surface area contributed by atoms with Crippen LogP contribution in [0.25, 0.3) is 10.1 Å². The molecule has 0 saturated heterocycles. The number of anilines is 1. The molecule has 2 N–H and O–H groups in total. The van der Waals surface area contributed by atoms with Crippen molar-refractivity contribution in [3.8, 4) is 6.07 Å². The van der Waals surface area contributed by atoms with E-state index in [0.29, 0.717) is 10.6 Å². The fraction of sp³-hybridized carbons (Fsp3) is 0.182. The van der Waals surface area contributed by atoms with Crippen LogP contribution in [-0.4, -0.2) is 0 Å². The van der Waals surface area contributed by atoms with Gasteiger partial charge in [0.15, 0.2) is 0 Å². The molecule has 1 aromatic heterocycles. The topological polar surface area (TPSA) is 49.8 Å². The molecule has 14 heavy (non-hydrogen) atoms. The molecule has 0 unspecified atom stereocenters. The van der Waals surface area contributed by atoms with Gasteiger partial charge < -0.3 is 5.73 Å². The second-order valence-electron chi connectivity index (χ2n) is 3.14. The maximum Gasteiger partial charge on any atom is 0.105 e. The van der Waals surface area contributed by atoms with Gasteiger partial charge in [-0.2, -0.15) is 5.26 Å². The molecule has 70 valence electrons. The van der Waals surface area contributed by atoms with E-state index in [4.69, 9.17) is 11.0 Å². The number of benzene rings is 1. The molecule has 1 aromatic carbocycles. The lowest BCUT2D eigenvalue weighted by atomic mass is 10.1. The predicted octanol–water partition coefficient (Wildman–Crippen LogP) is 2.92. The molecule has 1 heterocycles. The summed E-state index contributed by atoms with van der Waals surface area (Å²) in [6, 6.07) is 8.29. The molecule has 0 fully saturated rings. The number of aryl methyl sites for hydroxylation is 1. The van der Waals surface area contributed by atoms with Gasteiger partial charge in [0, 0.05) is 10.1 Å². The molecule has 2 nitrogen and oxygen atoms in total. The minimum Gasteiger partial charge on any atom is -0.389 e. The van der Waals surface area contributed by atoms with E-state index in [9.17, 15) is 0 Å². The van der Waals surface area contributed by atoms with Crippen molar-refractivity contribution in [1.82, 2.24) is 0 Å². The Labute approximate surface area is 86.6 Å². The van der Waals surface area contributed by atoms with Crippen LogP contribution in [-0.2, 0) is 6.42 Å². The third-order valence-electron chi connectivity index (χ3n) is 2.30. The summed E-state index contributed by atoms with van der Waals surface area (Å²) in [5.41, 5.74) is 7.65. The van der Waals surface area contributed by atoms with Gasteiger partial charge in [-0.05, 0) is 18.1 Å². The summed E-state index contributed by atoms with van der Waals surface area (Å²) in [5.74, 6) is 0. The van der Waals surface area contributed by atoms with Crippen LogP contribution < -0.4 is 5.73 Å². The lowest BCUT2D eigenvalue weighted by Crippen LogP contribution is -1.82. The first kappa shape index (κ1) is 9.04. The number of nitrogens with zero attached hydrogens (tertiary/aromatic N) is 1. The highest BCUT2D eigenvalue weighted by Gasteiger charge is 2.08. The smallest absolute Gasteiger partial charge is 0.105 e. The zero-order valence-corrected chi connectivity index (χ0v) is 8.69. The number of nitriles is 1. The van der Waals surface area contributed by atoms with Gasteiger partial charge >= 0.3 is 0 Å². The average Bonchev–Trinajstić information content (AvgIpc) is 2.51. The Bertz CT molecular complexity index is 520. The minimum atomic E-state index is 0.618. The van der Waals surface area contributed by atoms with Crippen LogP contribution >= 0.6 is 11.3 Å². The Balaban J connectivity index is 2.76. The monoisotopic (exact) mass is 202 g/mol. The molecule has 0 aliphatic carbocycles. The summed E-state index contributed by atoms with van der Waals surface area (Å²) in [5, 5.41) is 10.5. The van der Waals surface area contributed by atoms with Crippen LogP contribution in [0.1, 0.15) is 18.1 Å². The van der Waals surface area contributed by atoms with Crippen LogP contribution in [0.2, 0.25) is 0 Å². The maximum atomic E-state index is 8.91. The van der Waals surface area contributed by atoms with E-state index in [2.05, 4.69) is 25.1 Å². The fourth-order valence-electron chi connectivity index (χ4n) is 1.50. The number of hydrogen-bond acceptors (Lipinski definition) is 3. The van der Waals surface area contributed by atoms with Crippen molar-refractivity contribution in [3.63, 3.8) is 0 Å². The molecule has 0 aliphatic rings. The lowest BCUT2D eigenvalue weighted by Gasteiger charge is -1.95. The summed E-state index contributed by atoms with van der Waals surface area (Å²) in [7, 11) is 0. The Morgan fingerprint density at radius 2 is 2.29 bits per heavy atom. The molecule has 0 amide bonds. The number of thiophene rings is 1. The van der Waals surface area contributed by atoms with Crippen molar-refractivity contribution in [2.45, 2.75) is 13.3 Å². The Morgan fingerprint density at radius 3 is 2.93 bits per heavy atom. The third-order valence-corrected chi connectivity index (χ3v) is 3.28. The highest BCUT2D eigenvalue weighted by Crippen LogP contribution is 2.33. The second kappa shape index (κ2) is 3.32. The summed E-state index contributed by atoms with van der Waals surface area (Å²) < 4.78 is 1.11. The molecule has 2 rings (SSSR count). The van der Waals surface area contributed by atoms with Gasteiger partial charge in [-0.3, -0.25) is 0 Å². The normalized spacial score (nSPS) is 10.3. The van der Waals surface area contributed by atoms with Crippen LogP contribution in [0.4, 0.5) is 5.00 Å². The van der Waals surface area contributed by atoms with Crippen LogP contribution in [0.15, 0.2) is 18.2 Å². The molecule has 0 saturated carbocycles. The van der Waals surface area contributed by atoms with E-state index in [1.807, 2.05) is 6.07 Å².